The van der Waals surface area contributed by atoms with Gasteiger partial charge in [0, 0.05) is 0 Å². The Hall–Kier alpha value is -0.180. The molecular formula is C5H11NOS. The van der Waals surface area contributed by atoms with E-state index in [2.05, 4.69) is 22.6 Å². The van der Waals surface area contributed by atoms with E-state index >= 15 is 0 Å². The average molecular weight is 133 g/mol. The molecular weight excluding hydrogens is 122 g/mol. The molecule has 0 aliphatic rings. The predicted molar refractivity (Wildman–Crippen MR) is 38.6 cm³/mol. The van der Waals surface area contributed by atoms with Crippen LogP contribution < -0.4 is 0 Å². The van der Waals surface area contributed by atoms with Crippen molar-refractivity contribution >= 4 is 18.3 Å². The normalized spacial score (nSPS) is 11.6. The maximum Gasteiger partial charge on any atom is 0.106 e. The van der Waals surface area contributed by atoms with E-state index < -0.39 is 0 Å². The fraction of sp³-hybridized carbons (Fsp3) is 0.800. The highest BCUT2D eigenvalue weighted by Gasteiger charge is 1.85. The van der Waals surface area contributed by atoms with Gasteiger partial charge in [0.25, 0.3) is 0 Å². The minimum atomic E-state index is 0.832. The molecule has 0 aromatic rings. The van der Waals surface area contributed by atoms with E-state index in [-0.39, 0.29) is 0 Å². The lowest BCUT2D eigenvalue weighted by Gasteiger charge is -1.92. The van der Waals surface area contributed by atoms with Gasteiger partial charge in [-0.15, -0.1) is 0 Å². The molecule has 0 saturated heterocycles. The van der Waals surface area contributed by atoms with Crippen LogP contribution in [0, 0.1) is 0 Å². The van der Waals surface area contributed by atoms with Gasteiger partial charge in [-0.05, 0) is 19.1 Å². The van der Waals surface area contributed by atoms with E-state index in [1.807, 2.05) is 6.92 Å². The highest BCUT2D eigenvalue weighted by atomic mass is 32.1. The molecule has 0 saturated carbocycles. The van der Waals surface area contributed by atoms with Crippen molar-refractivity contribution < 1.29 is 4.84 Å². The fourth-order valence-corrected chi connectivity index (χ4v) is 0.687. The molecule has 0 heterocycles. The van der Waals surface area contributed by atoms with Crippen molar-refractivity contribution in [3.05, 3.63) is 0 Å². The quantitative estimate of drug-likeness (QED) is 0.350. The number of oxime groups is 1. The zero-order chi connectivity index (χ0) is 6.41. The molecule has 0 atom stereocenters. The first-order valence-corrected chi connectivity index (χ1v) is 3.12. The summed E-state index contributed by atoms with van der Waals surface area (Å²) in [5, 5.41) is 3.68. The number of thiol groups is 1. The molecule has 48 valence electrons. The Morgan fingerprint density at radius 2 is 2.38 bits per heavy atom. The predicted octanol–water partition coefficient (Wildman–Crippen LogP) is 1.33. The fourth-order valence-electron chi connectivity index (χ4n) is 0.363. The molecule has 0 aliphatic carbocycles. The first kappa shape index (κ1) is 7.82. The first-order chi connectivity index (χ1) is 3.81. The third-order valence-corrected chi connectivity index (χ3v) is 0.944. The van der Waals surface area contributed by atoms with Crippen molar-refractivity contribution in [2.45, 2.75) is 13.3 Å². The maximum atomic E-state index is 4.51. The van der Waals surface area contributed by atoms with Gasteiger partial charge in [0.05, 0.1) is 5.71 Å². The van der Waals surface area contributed by atoms with E-state index in [0.29, 0.717) is 0 Å². The monoisotopic (exact) mass is 133 g/mol. The molecule has 0 spiro atoms. The van der Waals surface area contributed by atoms with Gasteiger partial charge in [0.2, 0.25) is 0 Å². The van der Waals surface area contributed by atoms with Crippen molar-refractivity contribution in [1.82, 2.24) is 0 Å². The van der Waals surface area contributed by atoms with Gasteiger partial charge in [-0.25, -0.2) is 0 Å². The Morgan fingerprint density at radius 1 is 1.75 bits per heavy atom. The van der Waals surface area contributed by atoms with Gasteiger partial charge in [-0.1, -0.05) is 5.16 Å². The van der Waals surface area contributed by atoms with Gasteiger partial charge in [-0.2, -0.15) is 12.6 Å². The van der Waals surface area contributed by atoms with Crippen molar-refractivity contribution in [3.63, 3.8) is 0 Å². The summed E-state index contributed by atoms with van der Waals surface area (Å²) in [5.41, 5.74) is 0.988. The average Bonchev–Trinajstić information content (AvgIpc) is 1.68. The summed E-state index contributed by atoms with van der Waals surface area (Å²) in [6.07, 6.45) is 0.900. The molecule has 0 aromatic heterocycles. The van der Waals surface area contributed by atoms with Crippen LogP contribution in [0.15, 0.2) is 5.16 Å². The highest BCUT2D eigenvalue weighted by molar-refractivity contribution is 7.80. The van der Waals surface area contributed by atoms with Gasteiger partial charge in [0.1, 0.15) is 7.11 Å². The molecule has 0 unspecified atom stereocenters. The standard InChI is InChI=1S/C5H11NOS/c1-5(3-4-8)6-7-2/h8H,3-4H2,1-2H3/b6-5+. The van der Waals surface area contributed by atoms with Crippen molar-refractivity contribution in [2.24, 2.45) is 5.16 Å². The van der Waals surface area contributed by atoms with Crippen LogP contribution in [0.3, 0.4) is 0 Å². The third kappa shape index (κ3) is 3.99. The van der Waals surface area contributed by atoms with Crippen molar-refractivity contribution in [2.75, 3.05) is 12.9 Å². The second kappa shape index (κ2) is 4.97. The molecule has 3 heteroatoms. The van der Waals surface area contributed by atoms with Gasteiger partial charge < -0.3 is 4.84 Å². The summed E-state index contributed by atoms with van der Waals surface area (Å²) in [4.78, 5) is 4.51. The van der Waals surface area contributed by atoms with E-state index in [0.717, 1.165) is 17.9 Å². The Balaban J connectivity index is 3.29. The molecule has 0 N–H and O–H groups in total. The lowest BCUT2D eigenvalue weighted by Crippen LogP contribution is -1.91. The molecule has 2 nitrogen and oxygen atoms in total. The van der Waals surface area contributed by atoms with Crippen LogP contribution in [0.2, 0.25) is 0 Å². The topological polar surface area (TPSA) is 21.6 Å². The summed E-state index contributed by atoms with van der Waals surface area (Å²) in [7, 11) is 1.54. The molecule has 0 amide bonds. The third-order valence-electron chi connectivity index (χ3n) is 0.721. The minimum absolute atomic E-state index is 0.832. The Labute approximate surface area is 55.3 Å². The summed E-state index contributed by atoms with van der Waals surface area (Å²) >= 11 is 4.02. The number of rotatable bonds is 3. The molecule has 0 radical (unpaired) electrons. The molecule has 0 aromatic carbocycles. The van der Waals surface area contributed by atoms with Crippen LogP contribution >= 0.6 is 12.6 Å². The smallest absolute Gasteiger partial charge is 0.106 e. The van der Waals surface area contributed by atoms with Gasteiger partial charge in [-0.3, -0.25) is 0 Å². The summed E-state index contributed by atoms with van der Waals surface area (Å²) < 4.78 is 0. The second-order valence-electron chi connectivity index (χ2n) is 1.48. The molecule has 0 fully saturated rings. The summed E-state index contributed by atoms with van der Waals surface area (Å²) in [6, 6.07) is 0. The van der Waals surface area contributed by atoms with Crippen LogP contribution in [0.5, 0.6) is 0 Å². The Morgan fingerprint density at radius 3 is 2.75 bits per heavy atom. The first-order valence-electron chi connectivity index (χ1n) is 2.48. The molecule has 0 rings (SSSR count). The number of hydrogen-bond acceptors (Lipinski definition) is 3. The Bertz CT molecular complexity index is 82.5. The van der Waals surface area contributed by atoms with E-state index in [9.17, 15) is 0 Å². The van der Waals surface area contributed by atoms with E-state index in [1.165, 1.54) is 0 Å². The van der Waals surface area contributed by atoms with Crippen molar-refractivity contribution in [1.29, 1.82) is 0 Å². The highest BCUT2D eigenvalue weighted by Crippen LogP contribution is 1.88. The maximum absolute atomic E-state index is 4.51. The van der Waals surface area contributed by atoms with Gasteiger partial charge >= 0.3 is 0 Å². The number of hydrogen-bond donors (Lipinski definition) is 1. The van der Waals surface area contributed by atoms with Crippen LogP contribution in [-0.4, -0.2) is 18.6 Å². The lowest BCUT2D eigenvalue weighted by molar-refractivity contribution is 0.212. The van der Waals surface area contributed by atoms with Crippen LogP contribution in [0.4, 0.5) is 0 Å². The minimum Gasteiger partial charge on any atom is -0.399 e. The summed E-state index contributed by atoms with van der Waals surface area (Å²) in [5.74, 6) is 0.832. The molecule has 8 heavy (non-hydrogen) atoms. The van der Waals surface area contributed by atoms with Crippen LogP contribution in [-0.2, 0) is 4.84 Å². The van der Waals surface area contributed by atoms with Crippen LogP contribution in [0.1, 0.15) is 13.3 Å². The largest absolute Gasteiger partial charge is 0.399 e. The van der Waals surface area contributed by atoms with E-state index in [1.54, 1.807) is 7.11 Å². The van der Waals surface area contributed by atoms with Gasteiger partial charge in [0.15, 0.2) is 0 Å². The lowest BCUT2D eigenvalue weighted by atomic mass is 10.3. The number of nitrogens with zero attached hydrogens (tertiary/aromatic N) is 1. The SMILES string of the molecule is CO/N=C(\C)CCS. The zero-order valence-corrected chi connectivity index (χ0v) is 6.11. The van der Waals surface area contributed by atoms with Crippen LogP contribution in [0.25, 0.3) is 0 Å². The van der Waals surface area contributed by atoms with Crippen molar-refractivity contribution in [3.8, 4) is 0 Å². The van der Waals surface area contributed by atoms with E-state index in [4.69, 9.17) is 0 Å². The molecule has 0 bridgehead atoms. The zero-order valence-electron chi connectivity index (χ0n) is 5.22. The molecule has 0 aliphatic heterocycles. The second-order valence-corrected chi connectivity index (χ2v) is 1.93. The summed E-state index contributed by atoms with van der Waals surface area (Å²) in [6.45, 7) is 1.92. The Kier molecular flexibility index (Phi) is 4.85.